The van der Waals surface area contributed by atoms with Crippen molar-refractivity contribution in [2.24, 2.45) is 0 Å². The van der Waals surface area contributed by atoms with Gasteiger partial charge in [0.15, 0.2) is 0 Å². The van der Waals surface area contributed by atoms with Gasteiger partial charge in [0.2, 0.25) is 15.9 Å². The topological polar surface area (TPSA) is 60.9 Å². The van der Waals surface area contributed by atoms with Crippen LogP contribution in [-0.2, 0) is 27.9 Å². The molecule has 0 radical (unpaired) electrons. The first-order chi connectivity index (χ1) is 16.4. The van der Waals surface area contributed by atoms with Gasteiger partial charge in [0.05, 0.1) is 11.4 Å². The molecular weight excluding hydrogens is 453 g/mol. The summed E-state index contributed by atoms with van der Waals surface area (Å²) in [6.07, 6.45) is 0. The van der Waals surface area contributed by atoms with Crippen LogP contribution in [0.25, 0.3) is 0 Å². The molecule has 0 saturated carbocycles. The molecule has 1 aliphatic heterocycles. The minimum absolute atomic E-state index is 0.0166. The lowest BCUT2D eigenvalue weighted by atomic mass is 10.2. The zero-order chi connectivity index (χ0) is 24.0. The zero-order valence-corrected chi connectivity index (χ0v) is 19.7. The Morgan fingerprint density at radius 1 is 0.794 bits per heavy atom. The van der Waals surface area contributed by atoms with Gasteiger partial charge >= 0.3 is 0 Å². The summed E-state index contributed by atoms with van der Waals surface area (Å²) in [5.41, 5.74) is 1.84. The van der Waals surface area contributed by atoms with E-state index >= 15 is 0 Å². The van der Waals surface area contributed by atoms with Crippen LogP contribution in [0.15, 0.2) is 89.8 Å². The minimum Gasteiger partial charge on any atom is -0.339 e. The molecule has 0 aliphatic carbocycles. The van der Waals surface area contributed by atoms with E-state index in [4.69, 9.17) is 0 Å². The summed E-state index contributed by atoms with van der Waals surface area (Å²) in [5.74, 6) is -0.633. The predicted molar refractivity (Wildman–Crippen MR) is 129 cm³/mol. The van der Waals surface area contributed by atoms with Crippen LogP contribution in [0.5, 0.6) is 0 Å². The first-order valence-corrected chi connectivity index (χ1v) is 12.7. The summed E-state index contributed by atoms with van der Waals surface area (Å²) < 4.78 is 41.2. The Bertz CT molecular complexity index is 1180. The Morgan fingerprint density at radius 3 is 2.00 bits per heavy atom. The summed E-state index contributed by atoms with van der Waals surface area (Å²) in [6, 6.07) is 23.9. The van der Waals surface area contributed by atoms with E-state index in [2.05, 4.69) is 17.0 Å². The van der Waals surface area contributed by atoms with Crippen molar-refractivity contribution in [2.75, 3.05) is 32.7 Å². The summed E-state index contributed by atoms with van der Waals surface area (Å²) in [6.45, 7) is 3.07. The lowest BCUT2D eigenvalue weighted by molar-refractivity contribution is -0.133. The second kappa shape index (κ2) is 10.9. The molecule has 3 aromatic carbocycles. The molecule has 1 heterocycles. The van der Waals surface area contributed by atoms with Gasteiger partial charge in [0.25, 0.3) is 0 Å². The number of sulfonamides is 1. The minimum atomic E-state index is -3.91. The summed E-state index contributed by atoms with van der Waals surface area (Å²) in [5, 5.41) is 0. The van der Waals surface area contributed by atoms with Crippen molar-refractivity contribution in [1.82, 2.24) is 14.1 Å². The van der Waals surface area contributed by atoms with Crippen LogP contribution in [-0.4, -0.2) is 61.2 Å². The van der Waals surface area contributed by atoms with Gasteiger partial charge in [-0.15, -0.1) is 0 Å². The molecule has 3 aromatic rings. The molecule has 1 aliphatic rings. The molecule has 0 N–H and O–H groups in total. The largest absolute Gasteiger partial charge is 0.339 e. The van der Waals surface area contributed by atoms with E-state index in [9.17, 15) is 17.6 Å². The second-order valence-electron chi connectivity index (χ2n) is 8.36. The van der Waals surface area contributed by atoms with Crippen LogP contribution in [0.2, 0.25) is 0 Å². The van der Waals surface area contributed by atoms with Crippen LogP contribution in [0, 0.1) is 5.82 Å². The molecule has 1 fully saturated rings. The zero-order valence-electron chi connectivity index (χ0n) is 18.9. The van der Waals surface area contributed by atoms with E-state index in [1.807, 2.05) is 18.2 Å². The van der Waals surface area contributed by atoms with E-state index in [0.717, 1.165) is 19.6 Å². The predicted octanol–water partition coefficient (Wildman–Crippen LogP) is 3.36. The fourth-order valence-electron chi connectivity index (χ4n) is 4.01. The van der Waals surface area contributed by atoms with Crippen LogP contribution < -0.4 is 0 Å². The van der Waals surface area contributed by atoms with E-state index in [1.54, 1.807) is 23.1 Å². The third-order valence-corrected chi connectivity index (χ3v) is 7.74. The highest BCUT2D eigenvalue weighted by atomic mass is 32.2. The van der Waals surface area contributed by atoms with Crippen LogP contribution >= 0.6 is 0 Å². The second-order valence-corrected chi connectivity index (χ2v) is 10.3. The molecule has 4 rings (SSSR count). The highest BCUT2D eigenvalue weighted by molar-refractivity contribution is 7.89. The summed E-state index contributed by atoms with van der Waals surface area (Å²) in [4.78, 5) is 17.3. The van der Waals surface area contributed by atoms with E-state index in [-0.39, 0.29) is 23.9 Å². The maximum atomic E-state index is 13.4. The van der Waals surface area contributed by atoms with Gasteiger partial charge in [-0.2, -0.15) is 4.31 Å². The molecule has 6 nitrogen and oxygen atoms in total. The molecule has 34 heavy (non-hydrogen) atoms. The number of rotatable bonds is 8. The van der Waals surface area contributed by atoms with E-state index in [1.165, 1.54) is 46.3 Å². The van der Waals surface area contributed by atoms with E-state index < -0.39 is 15.8 Å². The Labute approximate surface area is 200 Å². The van der Waals surface area contributed by atoms with Crippen molar-refractivity contribution < 1.29 is 17.6 Å². The van der Waals surface area contributed by atoms with Gasteiger partial charge in [-0.25, -0.2) is 12.8 Å². The summed E-state index contributed by atoms with van der Waals surface area (Å²) >= 11 is 0. The molecule has 0 bridgehead atoms. The molecule has 1 saturated heterocycles. The fraction of sp³-hybridized carbons (Fsp3) is 0.269. The highest BCUT2D eigenvalue weighted by Crippen LogP contribution is 2.19. The number of carbonyl (C=O) groups is 1. The fourth-order valence-corrected chi connectivity index (χ4v) is 5.41. The number of benzene rings is 3. The molecule has 1 amide bonds. The van der Waals surface area contributed by atoms with Gasteiger partial charge in [-0.1, -0.05) is 60.7 Å². The van der Waals surface area contributed by atoms with Gasteiger partial charge < -0.3 is 4.90 Å². The molecule has 0 spiro atoms. The molecule has 0 aromatic heterocycles. The Kier molecular flexibility index (Phi) is 7.72. The van der Waals surface area contributed by atoms with Crippen molar-refractivity contribution in [2.45, 2.75) is 18.0 Å². The number of hydrogen-bond acceptors (Lipinski definition) is 4. The van der Waals surface area contributed by atoms with Crippen molar-refractivity contribution in [1.29, 1.82) is 0 Å². The molecule has 8 heteroatoms. The average Bonchev–Trinajstić information content (AvgIpc) is 2.86. The first kappa shape index (κ1) is 24.1. The van der Waals surface area contributed by atoms with Gasteiger partial charge in [-0.3, -0.25) is 9.69 Å². The van der Waals surface area contributed by atoms with Crippen molar-refractivity contribution in [3.05, 3.63) is 102 Å². The van der Waals surface area contributed by atoms with Crippen LogP contribution in [0.3, 0.4) is 0 Å². The van der Waals surface area contributed by atoms with Gasteiger partial charge in [0.1, 0.15) is 5.82 Å². The summed E-state index contributed by atoms with van der Waals surface area (Å²) in [7, 11) is -3.91. The molecule has 0 unspecified atom stereocenters. The SMILES string of the molecule is O=C(CN(Cc1ccc(F)cc1)S(=O)(=O)c1ccccc1)N1CCN(Cc2ccccc2)CC1. The number of carbonyl (C=O) groups excluding carboxylic acids is 1. The van der Waals surface area contributed by atoms with Crippen molar-refractivity contribution in [3.8, 4) is 0 Å². The lowest BCUT2D eigenvalue weighted by Crippen LogP contribution is -2.51. The number of piperazine rings is 1. The third kappa shape index (κ3) is 6.08. The van der Waals surface area contributed by atoms with Crippen molar-refractivity contribution in [3.63, 3.8) is 0 Å². The van der Waals surface area contributed by atoms with Gasteiger partial charge in [-0.05, 0) is 35.4 Å². The normalized spacial score (nSPS) is 14.9. The number of hydrogen-bond donors (Lipinski definition) is 0. The van der Waals surface area contributed by atoms with Crippen LogP contribution in [0.4, 0.5) is 4.39 Å². The van der Waals surface area contributed by atoms with E-state index in [0.29, 0.717) is 18.7 Å². The molecular formula is C26H28FN3O3S. The number of nitrogens with zero attached hydrogens (tertiary/aromatic N) is 3. The monoisotopic (exact) mass is 481 g/mol. The first-order valence-electron chi connectivity index (χ1n) is 11.3. The highest BCUT2D eigenvalue weighted by Gasteiger charge is 2.30. The molecule has 178 valence electrons. The quantitative estimate of drug-likeness (QED) is 0.495. The smallest absolute Gasteiger partial charge is 0.243 e. The maximum Gasteiger partial charge on any atom is 0.243 e. The number of amides is 1. The van der Waals surface area contributed by atoms with Crippen molar-refractivity contribution >= 4 is 15.9 Å². The Hall–Kier alpha value is -3.07. The maximum absolute atomic E-state index is 13.4. The average molecular weight is 482 g/mol. The van der Waals surface area contributed by atoms with Crippen LogP contribution in [0.1, 0.15) is 11.1 Å². The standard InChI is InChI=1S/C26H28FN3O3S/c27-24-13-11-23(12-14-24)20-30(34(32,33)25-9-5-2-6-10-25)21-26(31)29-17-15-28(16-18-29)19-22-7-3-1-4-8-22/h1-14H,15-21H2. The number of halogens is 1. The molecule has 0 atom stereocenters. The third-order valence-electron chi connectivity index (χ3n) is 5.94. The lowest BCUT2D eigenvalue weighted by Gasteiger charge is -2.35. The Morgan fingerprint density at radius 2 is 1.38 bits per heavy atom. The van der Waals surface area contributed by atoms with Gasteiger partial charge in [0, 0.05) is 39.3 Å². The Balaban J connectivity index is 1.44.